The number of nitrogens with one attached hydrogen (secondary N) is 1. The first-order valence-electron chi connectivity index (χ1n) is 7.24. The van der Waals surface area contributed by atoms with Gasteiger partial charge in [-0.3, -0.25) is 4.98 Å². The Morgan fingerprint density at radius 3 is 2.74 bits per heavy atom. The molecule has 5 nitrogen and oxygen atoms in total. The first-order valence-corrected chi connectivity index (χ1v) is 7.62. The van der Waals surface area contributed by atoms with Crippen LogP contribution in [0.15, 0.2) is 49.6 Å². The Morgan fingerprint density at radius 2 is 2.17 bits per heavy atom. The van der Waals surface area contributed by atoms with Gasteiger partial charge in [0.25, 0.3) is 0 Å². The van der Waals surface area contributed by atoms with Crippen LogP contribution in [-0.2, 0) is 0 Å². The molecule has 6 heteroatoms. The van der Waals surface area contributed by atoms with E-state index >= 15 is 0 Å². The maximum Gasteiger partial charge on any atom is 0.149 e. The molecule has 23 heavy (non-hydrogen) atoms. The van der Waals surface area contributed by atoms with Crippen molar-refractivity contribution in [3.63, 3.8) is 0 Å². The van der Waals surface area contributed by atoms with Crippen LogP contribution in [0.25, 0.3) is 5.70 Å². The SMILES string of the molecule is C=C(c1cnc(Nc2ccc(C)nc2)c(Cl)c1)N(/C=C\N)CC. The number of rotatable bonds is 6. The molecule has 3 N–H and O–H groups in total. The third-order valence-electron chi connectivity index (χ3n) is 3.30. The fourth-order valence-corrected chi connectivity index (χ4v) is 2.24. The van der Waals surface area contributed by atoms with E-state index in [2.05, 4.69) is 21.9 Å². The summed E-state index contributed by atoms with van der Waals surface area (Å²) < 4.78 is 0. The molecule has 0 amide bonds. The largest absolute Gasteiger partial charge is 0.403 e. The van der Waals surface area contributed by atoms with Crippen LogP contribution < -0.4 is 11.1 Å². The molecule has 120 valence electrons. The van der Waals surface area contributed by atoms with E-state index in [1.165, 1.54) is 6.20 Å². The Kier molecular flexibility index (Phi) is 5.60. The zero-order valence-electron chi connectivity index (χ0n) is 13.3. The van der Waals surface area contributed by atoms with Crippen LogP contribution in [0.2, 0.25) is 5.02 Å². The highest BCUT2D eigenvalue weighted by atomic mass is 35.5. The fraction of sp³-hybridized carbons (Fsp3) is 0.176. The van der Waals surface area contributed by atoms with Crippen molar-refractivity contribution in [2.75, 3.05) is 11.9 Å². The number of hydrogen-bond donors (Lipinski definition) is 2. The smallest absolute Gasteiger partial charge is 0.149 e. The summed E-state index contributed by atoms with van der Waals surface area (Å²) in [6, 6.07) is 5.68. The molecule has 0 saturated carbocycles. The van der Waals surface area contributed by atoms with E-state index in [0.29, 0.717) is 10.8 Å². The highest BCUT2D eigenvalue weighted by Gasteiger charge is 2.10. The van der Waals surface area contributed by atoms with Gasteiger partial charge in [-0.15, -0.1) is 0 Å². The quantitative estimate of drug-likeness (QED) is 0.841. The molecule has 0 saturated heterocycles. The van der Waals surface area contributed by atoms with E-state index < -0.39 is 0 Å². The first-order chi connectivity index (χ1) is 11.0. The predicted molar refractivity (Wildman–Crippen MR) is 96.2 cm³/mol. The Balaban J connectivity index is 2.20. The number of hydrogen-bond acceptors (Lipinski definition) is 5. The maximum atomic E-state index is 6.33. The van der Waals surface area contributed by atoms with Gasteiger partial charge < -0.3 is 16.0 Å². The van der Waals surface area contributed by atoms with E-state index in [1.807, 2.05) is 36.9 Å². The third-order valence-corrected chi connectivity index (χ3v) is 3.59. The second kappa shape index (κ2) is 7.65. The van der Waals surface area contributed by atoms with Crippen molar-refractivity contribution in [3.05, 3.63) is 65.9 Å². The van der Waals surface area contributed by atoms with Gasteiger partial charge in [-0.25, -0.2) is 4.98 Å². The number of halogens is 1. The summed E-state index contributed by atoms with van der Waals surface area (Å²) in [5.41, 5.74) is 8.85. The van der Waals surface area contributed by atoms with Crippen molar-refractivity contribution < 1.29 is 0 Å². The van der Waals surface area contributed by atoms with Gasteiger partial charge in [-0.2, -0.15) is 0 Å². The van der Waals surface area contributed by atoms with Crippen molar-refractivity contribution in [2.24, 2.45) is 5.73 Å². The van der Waals surface area contributed by atoms with Crippen LogP contribution in [0.1, 0.15) is 18.2 Å². The second-order valence-electron chi connectivity index (χ2n) is 4.94. The van der Waals surface area contributed by atoms with Gasteiger partial charge in [0.15, 0.2) is 0 Å². The molecule has 0 aliphatic heterocycles. The van der Waals surface area contributed by atoms with E-state index in [-0.39, 0.29) is 0 Å². The maximum absolute atomic E-state index is 6.33. The lowest BCUT2D eigenvalue weighted by molar-refractivity contribution is 0.562. The highest BCUT2D eigenvalue weighted by Crippen LogP contribution is 2.27. The minimum absolute atomic E-state index is 0.511. The summed E-state index contributed by atoms with van der Waals surface area (Å²) in [4.78, 5) is 10.5. The summed E-state index contributed by atoms with van der Waals surface area (Å²) in [5.74, 6) is 0.575. The minimum atomic E-state index is 0.511. The van der Waals surface area contributed by atoms with Crippen LogP contribution in [0, 0.1) is 6.92 Å². The standard InChI is InChI=1S/C17H20ClN5/c1-4-23(8-7-19)13(3)14-9-16(18)17(21-10-14)22-15-6-5-12(2)20-11-15/h5-11H,3-4,19H2,1-2H3,(H,21,22)/b8-7-. The van der Waals surface area contributed by atoms with Gasteiger partial charge in [0, 0.05) is 42.1 Å². The molecule has 0 bridgehead atoms. The van der Waals surface area contributed by atoms with Gasteiger partial charge in [-0.05, 0) is 32.0 Å². The molecule has 0 radical (unpaired) electrons. The lowest BCUT2D eigenvalue weighted by Crippen LogP contribution is -2.15. The lowest BCUT2D eigenvalue weighted by atomic mass is 10.2. The molecule has 2 rings (SSSR count). The van der Waals surface area contributed by atoms with Crippen LogP contribution in [0.3, 0.4) is 0 Å². The van der Waals surface area contributed by atoms with Crippen molar-refractivity contribution in [1.29, 1.82) is 0 Å². The molecule has 2 aromatic heterocycles. The van der Waals surface area contributed by atoms with E-state index in [0.717, 1.165) is 29.2 Å². The topological polar surface area (TPSA) is 67.1 Å². The first kappa shape index (κ1) is 16.8. The number of pyridine rings is 2. The Morgan fingerprint density at radius 1 is 1.39 bits per heavy atom. The predicted octanol–water partition coefficient (Wildman–Crippen LogP) is 3.90. The molecule has 0 aliphatic rings. The fourth-order valence-electron chi connectivity index (χ4n) is 2.02. The zero-order valence-corrected chi connectivity index (χ0v) is 14.0. The molecule has 0 aliphatic carbocycles. The lowest BCUT2D eigenvalue weighted by Gasteiger charge is -2.21. The summed E-state index contributed by atoms with van der Waals surface area (Å²) in [6.07, 6.45) is 6.71. The molecular weight excluding hydrogens is 310 g/mol. The molecule has 0 atom stereocenters. The number of aromatic nitrogens is 2. The monoisotopic (exact) mass is 329 g/mol. The molecule has 0 aromatic carbocycles. The van der Waals surface area contributed by atoms with Crippen molar-refractivity contribution in [3.8, 4) is 0 Å². The van der Waals surface area contributed by atoms with E-state index in [9.17, 15) is 0 Å². The highest BCUT2D eigenvalue weighted by molar-refractivity contribution is 6.33. The Labute approximate surface area is 141 Å². The van der Waals surface area contributed by atoms with Crippen LogP contribution in [0.5, 0.6) is 0 Å². The van der Waals surface area contributed by atoms with E-state index in [1.54, 1.807) is 18.6 Å². The van der Waals surface area contributed by atoms with Crippen molar-refractivity contribution in [1.82, 2.24) is 14.9 Å². The van der Waals surface area contributed by atoms with Crippen molar-refractivity contribution >= 4 is 28.8 Å². The summed E-state index contributed by atoms with van der Waals surface area (Å²) in [6.45, 7) is 8.77. The van der Waals surface area contributed by atoms with Gasteiger partial charge in [0.2, 0.25) is 0 Å². The zero-order chi connectivity index (χ0) is 16.8. The molecule has 2 heterocycles. The number of aryl methyl sites for hydroxylation is 1. The Hall–Kier alpha value is -2.53. The van der Waals surface area contributed by atoms with Crippen LogP contribution in [-0.4, -0.2) is 21.4 Å². The van der Waals surface area contributed by atoms with Gasteiger partial charge in [-0.1, -0.05) is 18.2 Å². The van der Waals surface area contributed by atoms with Gasteiger partial charge in [0.1, 0.15) is 5.82 Å². The number of nitrogens with zero attached hydrogens (tertiary/aromatic N) is 3. The van der Waals surface area contributed by atoms with E-state index in [4.69, 9.17) is 17.3 Å². The van der Waals surface area contributed by atoms with Gasteiger partial charge >= 0.3 is 0 Å². The summed E-state index contributed by atoms with van der Waals surface area (Å²) in [7, 11) is 0. The summed E-state index contributed by atoms with van der Waals surface area (Å²) in [5, 5.41) is 3.66. The second-order valence-corrected chi connectivity index (χ2v) is 5.35. The van der Waals surface area contributed by atoms with Gasteiger partial charge in [0.05, 0.1) is 16.9 Å². The normalized spacial score (nSPS) is 10.7. The minimum Gasteiger partial charge on any atom is -0.403 e. The number of anilines is 2. The Bertz CT molecular complexity index is 709. The molecule has 2 aromatic rings. The average Bonchev–Trinajstić information content (AvgIpc) is 2.56. The molecule has 0 spiro atoms. The molecule has 0 unspecified atom stereocenters. The average molecular weight is 330 g/mol. The van der Waals surface area contributed by atoms with Crippen LogP contribution in [0.4, 0.5) is 11.5 Å². The third kappa shape index (κ3) is 4.23. The molecular formula is C17H20ClN5. The van der Waals surface area contributed by atoms with Crippen molar-refractivity contribution in [2.45, 2.75) is 13.8 Å². The van der Waals surface area contributed by atoms with Crippen LogP contribution >= 0.6 is 11.6 Å². The molecule has 0 fully saturated rings. The summed E-state index contributed by atoms with van der Waals surface area (Å²) >= 11 is 6.33. The number of nitrogens with two attached hydrogens (primary N) is 1.